The Hall–Kier alpha value is -2.21. The molecular weight excluding hydrogens is 292 g/mol. The number of amides is 1. The molecule has 2 aromatic rings. The van der Waals surface area contributed by atoms with Crippen molar-refractivity contribution in [3.05, 3.63) is 47.6 Å². The van der Waals surface area contributed by atoms with Gasteiger partial charge in [-0.25, -0.2) is 0 Å². The highest BCUT2D eigenvalue weighted by molar-refractivity contribution is 5.92. The molecular formula is C17H20N4O2. The molecule has 0 N–H and O–H groups in total. The van der Waals surface area contributed by atoms with Crippen LogP contribution in [0.2, 0.25) is 0 Å². The number of carbonyl (C=O) groups is 1. The number of hydrogen-bond acceptors (Lipinski definition) is 5. The van der Waals surface area contributed by atoms with Gasteiger partial charge >= 0.3 is 0 Å². The van der Waals surface area contributed by atoms with Crippen LogP contribution in [0.4, 0.5) is 0 Å². The second-order valence-electron chi connectivity index (χ2n) is 6.37. The number of fused-ring (bicyclic) bond motifs is 1. The van der Waals surface area contributed by atoms with Gasteiger partial charge in [-0.1, -0.05) is 11.2 Å². The van der Waals surface area contributed by atoms with Crippen molar-refractivity contribution in [2.45, 2.75) is 38.4 Å². The maximum absolute atomic E-state index is 12.6. The number of likely N-dealkylation sites (tertiary alicyclic amines) is 2. The molecule has 2 aliphatic rings. The average Bonchev–Trinajstić information content (AvgIpc) is 3.25. The van der Waals surface area contributed by atoms with Crippen molar-refractivity contribution < 1.29 is 9.32 Å². The molecule has 6 heteroatoms. The number of carbonyl (C=O) groups excluding carboxylic acids is 1. The molecule has 1 amide bonds. The quantitative estimate of drug-likeness (QED) is 0.866. The Morgan fingerprint density at radius 1 is 1.35 bits per heavy atom. The van der Waals surface area contributed by atoms with E-state index >= 15 is 0 Å². The van der Waals surface area contributed by atoms with E-state index in [0.29, 0.717) is 17.5 Å². The van der Waals surface area contributed by atoms with Crippen molar-refractivity contribution >= 4 is 5.91 Å². The Morgan fingerprint density at radius 2 is 2.22 bits per heavy atom. The van der Waals surface area contributed by atoms with Gasteiger partial charge in [0.1, 0.15) is 5.76 Å². The fourth-order valence-corrected chi connectivity index (χ4v) is 3.86. The summed E-state index contributed by atoms with van der Waals surface area (Å²) in [4.78, 5) is 21.3. The molecule has 0 spiro atoms. The van der Waals surface area contributed by atoms with Crippen LogP contribution in [0.25, 0.3) is 0 Å². The smallest absolute Gasteiger partial charge is 0.276 e. The normalized spacial score (nSPS) is 24.1. The van der Waals surface area contributed by atoms with Crippen LogP contribution in [0, 0.1) is 6.92 Å². The van der Waals surface area contributed by atoms with E-state index in [1.165, 1.54) is 5.56 Å². The predicted octanol–water partition coefficient (Wildman–Crippen LogP) is 1.87. The molecule has 6 nitrogen and oxygen atoms in total. The largest absolute Gasteiger partial charge is 0.361 e. The van der Waals surface area contributed by atoms with Gasteiger partial charge in [0.25, 0.3) is 5.91 Å². The number of aryl methyl sites for hydroxylation is 1. The van der Waals surface area contributed by atoms with Crippen molar-refractivity contribution in [3.63, 3.8) is 0 Å². The highest BCUT2D eigenvalue weighted by atomic mass is 16.5. The first kappa shape index (κ1) is 14.4. The molecule has 2 aliphatic heterocycles. The Balaban J connectivity index is 1.46. The van der Waals surface area contributed by atoms with Crippen LogP contribution in [0.5, 0.6) is 0 Å². The first-order chi connectivity index (χ1) is 11.2. The van der Waals surface area contributed by atoms with Crippen molar-refractivity contribution in [2.24, 2.45) is 0 Å². The van der Waals surface area contributed by atoms with E-state index in [2.05, 4.69) is 21.1 Å². The summed E-state index contributed by atoms with van der Waals surface area (Å²) >= 11 is 0. The summed E-state index contributed by atoms with van der Waals surface area (Å²) in [5.41, 5.74) is 1.65. The van der Waals surface area contributed by atoms with Gasteiger partial charge in [-0.3, -0.25) is 14.7 Å². The molecule has 2 atom stereocenters. The number of hydrogen-bond donors (Lipinski definition) is 0. The fourth-order valence-electron chi connectivity index (χ4n) is 3.86. The maximum atomic E-state index is 12.6. The minimum absolute atomic E-state index is 0.00224. The summed E-state index contributed by atoms with van der Waals surface area (Å²) in [5.74, 6) is 0.673. The van der Waals surface area contributed by atoms with E-state index < -0.39 is 0 Å². The van der Waals surface area contributed by atoms with Crippen molar-refractivity contribution in [2.75, 3.05) is 13.1 Å². The van der Waals surface area contributed by atoms with E-state index in [4.69, 9.17) is 4.52 Å². The summed E-state index contributed by atoms with van der Waals surface area (Å²) < 4.78 is 5.04. The molecule has 2 aromatic heterocycles. The molecule has 4 heterocycles. The van der Waals surface area contributed by atoms with E-state index in [1.807, 2.05) is 24.1 Å². The molecule has 0 aliphatic carbocycles. The van der Waals surface area contributed by atoms with Gasteiger partial charge in [0.15, 0.2) is 5.69 Å². The molecule has 0 saturated carbocycles. The zero-order valence-corrected chi connectivity index (χ0v) is 13.2. The standard InChI is InChI=1S/C17H20N4O2/c1-12-9-14(19-23-12)17(22)21-8-5-15-16(21)4-7-20(15)11-13-3-2-6-18-10-13/h2-3,6,9-10,15-16H,4-5,7-8,11H2,1H3/t15-,16+/m0/s1. The lowest BCUT2D eigenvalue weighted by Crippen LogP contribution is -2.39. The lowest BCUT2D eigenvalue weighted by Gasteiger charge is -2.25. The highest BCUT2D eigenvalue weighted by Crippen LogP contribution is 2.33. The molecule has 0 aromatic carbocycles. The Labute approximate surface area is 135 Å². The SMILES string of the molecule is Cc1cc(C(=O)N2CC[C@H]3[C@H]2CCN3Cc2cccnc2)no1. The third kappa shape index (κ3) is 2.63. The van der Waals surface area contributed by atoms with Crippen LogP contribution in [0.1, 0.15) is 34.7 Å². The van der Waals surface area contributed by atoms with Gasteiger partial charge in [0.2, 0.25) is 0 Å². The molecule has 0 radical (unpaired) electrons. The molecule has 0 bridgehead atoms. The van der Waals surface area contributed by atoms with Gasteiger partial charge in [-0.15, -0.1) is 0 Å². The van der Waals surface area contributed by atoms with Crippen LogP contribution in [0.3, 0.4) is 0 Å². The average molecular weight is 312 g/mol. The Bertz CT molecular complexity index is 700. The third-order valence-electron chi connectivity index (χ3n) is 4.91. The van der Waals surface area contributed by atoms with Gasteiger partial charge < -0.3 is 9.42 Å². The summed E-state index contributed by atoms with van der Waals surface area (Å²) in [6, 6.07) is 6.53. The second kappa shape index (κ2) is 5.77. The van der Waals surface area contributed by atoms with Crippen LogP contribution < -0.4 is 0 Å². The molecule has 0 unspecified atom stereocenters. The summed E-state index contributed by atoms with van der Waals surface area (Å²) in [6.45, 7) is 4.53. The lowest BCUT2D eigenvalue weighted by molar-refractivity contribution is 0.0721. The number of rotatable bonds is 3. The Morgan fingerprint density at radius 3 is 2.96 bits per heavy atom. The van der Waals surface area contributed by atoms with Gasteiger partial charge in [0, 0.05) is 50.2 Å². The van der Waals surface area contributed by atoms with Crippen LogP contribution in [-0.4, -0.2) is 51.0 Å². The maximum Gasteiger partial charge on any atom is 0.276 e. The van der Waals surface area contributed by atoms with E-state index in [9.17, 15) is 4.79 Å². The molecule has 4 rings (SSSR count). The van der Waals surface area contributed by atoms with Gasteiger partial charge in [-0.2, -0.15) is 0 Å². The topological polar surface area (TPSA) is 62.5 Å². The zero-order chi connectivity index (χ0) is 15.8. The van der Waals surface area contributed by atoms with Crippen molar-refractivity contribution in [3.8, 4) is 0 Å². The lowest BCUT2D eigenvalue weighted by atomic mass is 10.1. The highest BCUT2D eigenvalue weighted by Gasteiger charge is 2.44. The summed E-state index contributed by atoms with van der Waals surface area (Å²) in [6.07, 6.45) is 5.76. The number of nitrogens with zero attached hydrogens (tertiary/aromatic N) is 4. The third-order valence-corrected chi connectivity index (χ3v) is 4.91. The van der Waals surface area contributed by atoms with E-state index in [0.717, 1.165) is 32.5 Å². The summed E-state index contributed by atoms with van der Waals surface area (Å²) in [5, 5.41) is 3.87. The molecule has 2 fully saturated rings. The van der Waals surface area contributed by atoms with Gasteiger partial charge in [0.05, 0.1) is 0 Å². The van der Waals surface area contributed by atoms with Crippen LogP contribution in [-0.2, 0) is 6.54 Å². The van der Waals surface area contributed by atoms with Crippen LogP contribution >= 0.6 is 0 Å². The monoisotopic (exact) mass is 312 g/mol. The van der Waals surface area contributed by atoms with E-state index in [-0.39, 0.29) is 11.9 Å². The predicted molar refractivity (Wildman–Crippen MR) is 83.7 cm³/mol. The number of pyridine rings is 1. The fraction of sp³-hybridized carbons (Fsp3) is 0.471. The first-order valence-corrected chi connectivity index (χ1v) is 8.09. The summed E-state index contributed by atoms with van der Waals surface area (Å²) in [7, 11) is 0. The number of aromatic nitrogens is 2. The second-order valence-corrected chi connectivity index (χ2v) is 6.37. The first-order valence-electron chi connectivity index (χ1n) is 8.09. The zero-order valence-electron chi connectivity index (χ0n) is 13.2. The van der Waals surface area contributed by atoms with Crippen molar-refractivity contribution in [1.82, 2.24) is 19.9 Å². The Kier molecular flexibility index (Phi) is 3.61. The molecule has 23 heavy (non-hydrogen) atoms. The van der Waals surface area contributed by atoms with Gasteiger partial charge in [-0.05, 0) is 31.4 Å². The molecule has 120 valence electrons. The van der Waals surface area contributed by atoms with E-state index in [1.54, 1.807) is 12.3 Å². The van der Waals surface area contributed by atoms with Crippen LogP contribution in [0.15, 0.2) is 35.1 Å². The minimum Gasteiger partial charge on any atom is -0.361 e. The van der Waals surface area contributed by atoms with Crippen molar-refractivity contribution in [1.29, 1.82) is 0 Å². The minimum atomic E-state index is -0.00224. The molecule has 2 saturated heterocycles.